The molecule has 0 spiro atoms. The van der Waals surface area contributed by atoms with Crippen molar-refractivity contribution in [1.29, 1.82) is 0 Å². The van der Waals surface area contributed by atoms with E-state index in [4.69, 9.17) is 5.73 Å². The fourth-order valence-corrected chi connectivity index (χ4v) is 2.46. The number of aryl methyl sites for hydroxylation is 1. The zero-order valence-corrected chi connectivity index (χ0v) is 12.9. The molecular formula is C18H18N4O. The van der Waals surface area contributed by atoms with E-state index in [9.17, 15) is 4.79 Å². The Bertz CT molecular complexity index is 821. The first-order chi connectivity index (χ1) is 11.1. The predicted molar refractivity (Wildman–Crippen MR) is 88.1 cm³/mol. The van der Waals surface area contributed by atoms with Crippen LogP contribution in [0.5, 0.6) is 0 Å². The van der Waals surface area contributed by atoms with Crippen LogP contribution < -0.4 is 5.73 Å². The highest BCUT2D eigenvalue weighted by Gasteiger charge is 2.04. The second kappa shape index (κ2) is 6.44. The number of primary amides is 1. The molecule has 0 atom stereocenters. The fraction of sp³-hybridized carbons (Fsp3) is 0.167. The summed E-state index contributed by atoms with van der Waals surface area (Å²) in [6, 6.07) is 10.1. The molecule has 0 aliphatic carbocycles. The lowest BCUT2D eigenvalue weighted by Crippen LogP contribution is -2.11. The van der Waals surface area contributed by atoms with Crippen LogP contribution in [0.1, 0.15) is 32.6 Å². The van der Waals surface area contributed by atoms with Crippen LogP contribution in [0, 0.1) is 6.92 Å². The Morgan fingerprint density at radius 1 is 1.09 bits per heavy atom. The summed E-state index contributed by atoms with van der Waals surface area (Å²) in [6.07, 6.45) is 7.84. The third kappa shape index (κ3) is 3.83. The number of nitrogens with two attached hydrogens (primary N) is 1. The Morgan fingerprint density at radius 2 is 1.83 bits per heavy atom. The summed E-state index contributed by atoms with van der Waals surface area (Å²) in [4.78, 5) is 15.3. The minimum atomic E-state index is -0.454. The normalized spacial score (nSPS) is 10.7. The third-order valence-corrected chi connectivity index (χ3v) is 3.62. The molecule has 2 N–H and O–H groups in total. The zero-order valence-electron chi connectivity index (χ0n) is 12.9. The average Bonchev–Trinajstić information content (AvgIpc) is 2.94. The second-order valence-electron chi connectivity index (χ2n) is 5.65. The molecule has 0 saturated carbocycles. The number of amides is 1. The van der Waals surface area contributed by atoms with Gasteiger partial charge in [-0.25, -0.2) is 0 Å². The molecule has 5 nitrogen and oxygen atoms in total. The molecule has 23 heavy (non-hydrogen) atoms. The van der Waals surface area contributed by atoms with Crippen molar-refractivity contribution in [3.8, 4) is 0 Å². The van der Waals surface area contributed by atoms with Crippen molar-refractivity contribution in [3.63, 3.8) is 0 Å². The highest BCUT2D eigenvalue weighted by molar-refractivity contribution is 5.92. The summed E-state index contributed by atoms with van der Waals surface area (Å²) >= 11 is 0. The summed E-state index contributed by atoms with van der Waals surface area (Å²) in [5.41, 5.74) is 10.2. The number of pyridine rings is 1. The molecule has 0 unspecified atom stereocenters. The van der Waals surface area contributed by atoms with E-state index in [0.717, 1.165) is 29.7 Å². The summed E-state index contributed by atoms with van der Waals surface area (Å²) in [5, 5.41) is 4.29. The first kappa shape index (κ1) is 15.0. The van der Waals surface area contributed by atoms with Crippen LogP contribution in [-0.2, 0) is 13.0 Å². The van der Waals surface area contributed by atoms with Gasteiger partial charge >= 0.3 is 0 Å². The number of nitrogens with zero attached hydrogens (tertiary/aromatic N) is 3. The molecule has 1 aromatic carbocycles. The molecule has 0 aliphatic heterocycles. The summed E-state index contributed by atoms with van der Waals surface area (Å²) < 4.78 is 1.92. The smallest absolute Gasteiger partial charge is 0.250 e. The molecule has 116 valence electrons. The zero-order chi connectivity index (χ0) is 16.2. The standard InChI is InChI=1S/C18H18N4O/c1-13-8-21-22(11-13)12-15-4-2-14(3-5-15)6-16-7-17(18(19)23)10-20-9-16/h2-5,7-11H,6,12H2,1H3,(H2,19,23). The van der Waals surface area contributed by atoms with Crippen molar-refractivity contribution in [2.45, 2.75) is 19.9 Å². The molecule has 5 heteroatoms. The van der Waals surface area contributed by atoms with Gasteiger partial charge in [-0.2, -0.15) is 5.10 Å². The predicted octanol–water partition coefficient (Wildman–Crippen LogP) is 2.32. The Labute approximate surface area is 134 Å². The van der Waals surface area contributed by atoms with Gasteiger partial charge in [-0.1, -0.05) is 24.3 Å². The fourth-order valence-electron chi connectivity index (χ4n) is 2.46. The number of hydrogen-bond acceptors (Lipinski definition) is 3. The van der Waals surface area contributed by atoms with E-state index in [1.807, 2.05) is 24.0 Å². The van der Waals surface area contributed by atoms with Crippen molar-refractivity contribution in [2.24, 2.45) is 5.73 Å². The Balaban J connectivity index is 1.70. The van der Waals surface area contributed by atoms with Gasteiger partial charge in [0.15, 0.2) is 0 Å². The molecule has 2 aromatic heterocycles. The van der Waals surface area contributed by atoms with E-state index in [0.29, 0.717) is 5.56 Å². The van der Waals surface area contributed by atoms with E-state index in [-0.39, 0.29) is 0 Å². The van der Waals surface area contributed by atoms with Gasteiger partial charge in [0.05, 0.1) is 18.3 Å². The quantitative estimate of drug-likeness (QED) is 0.786. The van der Waals surface area contributed by atoms with Crippen LogP contribution in [0.2, 0.25) is 0 Å². The Hall–Kier alpha value is -2.95. The van der Waals surface area contributed by atoms with Gasteiger partial charge in [0, 0.05) is 18.6 Å². The van der Waals surface area contributed by atoms with Gasteiger partial charge in [0.2, 0.25) is 5.91 Å². The average molecular weight is 306 g/mol. The number of carbonyl (C=O) groups is 1. The van der Waals surface area contributed by atoms with Gasteiger partial charge in [-0.05, 0) is 41.7 Å². The van der Waals surface area contributed by atoms with Gasteiger partial charge in [-0.15, -0.1) is 0 Å². The van der Waals surface area contributed by atoms with Crippen molar-refractivity contribution in [1.82, 2.24) is 14.8 Å². The van der Waals surface area contributed by atoms with Crippen LogP contribution in [0.3, 0.4) is 0 Å². The number of aromatic nitrogens is 3. The van der Waals surface area contributed by atoms with Crippen LogP contribution >= 0.6 is 0 Å². The lowest BCUT2D eigenvalue weighted by atomic mass is 10.0. The van der Waals surface area contributed by atoms with Crippen LogP contribution in [-0.4, -0.2) is 20.7 Å². The maximum absolute atomic E-state index is 11.2. The Kier molecular flexibility index (Phi) is 4.19. The van der Waals surface area contributed by atoms with Crippen molar-refractivity contribution < 1.29 is 4.79 Å². The second-order valence-corrected chi connectivity index (χ2v) is 5.65. The maximum atomic E-state index is 11.2. The number of hydrogen-bond donors (Lipinski definition) is 1. The third-order valence-electron chi connectivity index (χ3n) is 3.62. The lowest BCUT2D eigenvalue weighted by molar-refractivity contribution is 0.1000. The number of carbonyl (C=O) groups excluding carboxylic acids is 1. The molecule has 0 saturated heterocycles. The topological polar surface area (TPSA) is 73.8 Å². The maximum Gasteiger partial charge on any atom is 0.250 e. The monoisotopic (exact) mass is 306 g/mol. The number of benzene rings is 1. The van der Waals surface area contributed by atoms with Crippen molar-refractivity contribution in [2.75, 3.05) is 0 Å². The highest BCUT2D eigenvalue weighted by atomic mass is 16.1. The lowest BCUT2D eigenvalue weighted by Gasteiger charge is -2.06. The molecule has 3 aromatic rings. The summed E-state index contributed by atoms with van der Waals surface area (Å²) in [6.45, 7) is 2.79. The minimum Gasteiger partial charge on any atom is -0.366 e. The first-order valence-corrected chi connectivity index (χ1v) is 7.41. The van der Waals surface area contributed by atoms with Crippen LogP contribution in [0.15, 0.2) is 55.1 Å². The summed E-state index contributed by atoms with van der Waals surface area (Å²) in [7, 11) is 0. The molecule has 3 rings (SSSR count). The van der Waals surface area contributed by atoms with Gasteiger partial charge in [-0.3, -0.25) is 14.5 Å². The summed E-state index contributed by atoms with van der Waals surface area (Å²) in [5.74, 6) is -0.454. The molecule has 1 amide bonds. The van der Waals surface area contributed by atoms with Crippen molar-refractivity contribution in [3.05, 3.63) is 82.9 Å². The van der Waals surface area contributed by atoms with E-state index in [1.54, 1.807) is 12.3 Å². The SMILES string of the molecule is Cc1cnn(Cc2ccc(Cc3cncc(C(N)=O)c3)cc2)c1. The molecule has 2 heterocycles. The molecule has 0 bridgehead atoms. The molecular weight excluding hydrogens is 288 g/mol. The van der Waals surface area contributed by atoms with Gasteiger partial charge in [0.25, 0.3) is 0 Å². The van der Waals surface area contributed by atoms with E-state index in [2.05, 4.69) is 34.3 Å². The molecule has 0 fully saturated rings. The largest absolute Gasteiger partial charge is 0.366 e. The first-order valence-electron chi connectivity index (χ1n) is 7.41. The number of rotatable bonds is 5. The van der Waals surface area contributed by atoms with Crippen molar-refractivity contribution >= 4 is 5.91 Å². The van der Waals surface area contributed by atoms with Gasteiger partial charge in [0.1, 0.15) is 0 Å². The van der Waals surface area contributed by atoms with E-state index in [1.165, 1.54) is 11.8 Å². The molecule has 0 radical (unpaired) electrons. The van der Waals surface area contributed by atoms with Crippen LogP contribution in [0.25, 0.3) is 0 Å². The van der Waals surface area contributed by atoms with E-state index < -0.39 is 5.91 Å². The minimum absolute atomic E-state index is 0.438. The van der Waals surface area contributed by atoms with Gasteiger partial charge < -0.3 is 5.73 Å². The Morgan fingerprint density at radius 3 is 2.48 bits per heavy atom. The molecule has 0 aliphatic rings. The van der Waals surface area contributed by atoms with E-state index >= 15 is 0 Å². The highest BCUT2D eigenvalue weighted by Crippen LogP contribution is 2.12. The van der Waals surface area contributed by atoms with Crippen LogP contribution in [0.4, 0.5) is 0 Å².